The summed E-state index contributed by atoms with van der Waals surface area (Å²) in [4.78, 5) is 30.5. The Bertz CT molecular complexity index is 1090. The van der Waals surface area contributed by atoms with E-state index in [1.165, 1.54) is 0 Å². The highest BCUT2D eigenvalue weighted by atomic mass is 16.5. The smallest absolute Gasteiger partial charge is 0.220 e. The van der Waals surface area contributed by atoms with Gasteiger partial charge in [-0.2, -0.15) is 0 Å². The summed E-state index contributed by atoms with van der Waals surface area (Å²) < 4.78 is 7.75. The lowest BCUT2D eigenvalue weighted by Crippen LogP contribution is -2.30. The maximum atomic E-state index is 12.4. The van der Waals surface area contributed by atoms with Gasteiger partial charge >= 0.3 is 0 Å². The van der Waals surface area contributed by atoms with Crippen LogP contribution in [0.5, 0.6) is 5.75 Å². The molecule has 0 unspecified atom stereocenters. The highest BCUT2D eigenvalue weighted by Crippen LogP contribution is 2.25. The average molecular weight is 406 g/mol. The number of benzene rings is 2. The van der Waals surface area contributed by atoms with Crippen molar-refractivity contribution in [2.45, 2.75) is 32.9 Å². The van der Waals surface area contributed by atoms with Crippen LogP contribution >= 0.6 is 0 Å². The van der Waals surface area contributed by atoms with E-state index in [4.69, 9.17) is 4.74 Å². The average Bonchev–Trinajstić information content (AvgIpc) is 2.92. The monoisotopic (exact) mass is 406 g/mol. The van der Waals surface area contributed by atoms with Crippen molar-refractivity contribution in [3.63, 3.8) is 0 Å². The molecule has 1 aliphatic rings. The van der Waals surface area contributed by atoms with Gasteiger partial charge in [-0.3, -0.25) is 9.59 Å². The fourth-order valence-electron chi connectivity index (χ4n) is 3.75. The summed E-state index contributed by atoms with van der Waals surface area (Å²) >= 11 is 0. The molecular weight excluding hydrogens is 380 g/mol. The third-order valence-corrected chi connectivity index (χ3v) is 5.51. The molecule has 0 saturated carbocycles. The van der Waals surface area contributed by atoms with E-state index in [1.54, 1.807) is 11.8 Å². The summed E-state index contributed by atoms with van der Waals surface area (Å²) in [7, 11) is 1.96. The molecule has 1 aliphatic heterocycles. The van der Waals surface area contributed by atoms with Crippen molar-refractivity contribution in [3.05, 3.63) is 59.4 Å². The topological polar surface area (TPSA) is 76.5 Å². The van der Waals surface area contributed by atoms with Crippen LogP contribution in [0.3, 0.4) is 0 Å². The van der Waals surface area contributed by atoms with Gasteiger partial charge in [0.1, 0.15) is 18.2 Å². The van der Waals surface area contributed by atoms with E-state index in [2.05, 4.69) is 10.3 Å². The number of hydrogen-bond acceptors (Lipinski definition) is 4. The fourth-order valence-corrected chi connectivity index (χ4v) is 3.75. The Kier molecular flexibility index (Phi) is 5.70. The van der Waals surface area contributed by atoms with Crippen LogP contribution in [0.1, 0.15) is 30.3 Å². The van der Waals surface area contributed by atoms with Crippen LogP contribution in [0, 0.1) is 0 Å². The predicted molar refractivity (Wildman–Crippen MR) is 114 cm³/mol. The van der Waals surface area contributed by atoms with E-state index in [1.807, 2.05) is 54.1 Å². The first-order chi connectivity index (χ1) is 14.5. The summed E-state index contributed by atoms with van der Waals surface area (Å²) in [5, 5.41) is 2.97. The molecule has 0 radical (unpaired) electrons. The predicted octanol–water partition coefficient (Wildman–Crippen LogP) is 2.56. The Hall–Kier alpha value is -3.35. The van der Waals surface area contributed by atoms with Crippen LogP contribution in [-0.2, 0) is 36.1 Å². The summed E-state index contributed by atoms with van der Waals surface area (Å²) in [5.74, 6) is 1.67. The normalized spacial score (nSPS) is 13.5. The van der Waals surface area contributed by atoms with Crippen molar-refractivity contribution in [1.82, 2.24) is 19.8 Å². The van der Waals surface area contributed by atoms with Crippen molar-refractivity contribution in [2.24, 2.45) is 7.05 Å². The van der Waals surface area contributed by atoms with Gasteiger partial charge in [-0.25, -0.2) is 4.98 Å². The Labute approximate surface area is 175 Å². The Balaban J connectivity index is 1.35. The minimum Gasteiger partial charge on any atom is -0.491 e. The lowest BCUT2D eigenvalue weighted by molar-refractivity contribution is -0.129. The zero-order chi connectivity index (χ0) is 21.1. The number of para-hydroxylation sites is 2. The second kappa shape index (κ2) is 8.57. The Morgan fingerprint density at radius 1 is 1.20 bits per heavy atom. The number of carbonyl (C=O) groups is 2. The maximum absolute atomic E-state index is 12.4. The molecule has 0 spiro atoms. The SMILES string of the molecule is CC(=O)N1CCOc2ccc(CCC(=O)NCc3nc4ccccc4n3C)cc2C1. The van der Waals surface area contributed by atoms with Crippen molar-refractivity contribution in [2.75, 3.05) is 13.2 Å². The molecule has 1 aromatic heterocycles. The Morgan fingerprint density at radius 3 is 2.83 bits per heavy atom. The highest BCUT2D eigenvalue weighted by Gasteiger charge is 2.17. The first-order valence-corrected chi connectivity index (χ1v) is 10.2. The van der Waals surface area contributed by atoms with Crippen molar-refractivity contribution >= 4 is 22.8 Å². The van der Waals surface area contributed by atoms with Crippen LogP contribution in [0.2, 0.25) is 0 Å². The highest BCUT2D eigenvalue weighted by molar-refractivity contribution is 5.77. The molecule has 30 heavy (non-hydrogen) atoms. The van der Waals surface area contributed by atoms with Gasteiger partial charge in [-0.15, -0.1) is 0 Å². The van der Waals surface area contributed by atoms with E-state index < -0.39 is 0 Å². The molecule has 7 nitrogen and oxygen atoms in total. The van der Waals surface area contributed by atoms with Crippen molar-refractivity contribution in [1.29, 1.82) is 0 Å². The van der Waals surface area contributed by atoms with E-state index >= 15 is 0 Å². The van der Waals surface area contributed by atoms with Crippen LogP contribution in [0.25, 0.3) is 11.0 Å². The zero-order valence-corrected chi connectivity index (χ0v) is 17.4. The minimum absolute atomic E-state index is 0.0152. The van der Waals surface area contributed by atoms with E-state index in [-0.39, 0.29) is 11.8 Å². The van der Waals surface area contributed by atoms with Crippen LogP contribution in [0.15, 0.2) is 42.5 Å². The van der Waals surface area contributed by atoms with Crippen LogP contribution < -0.4 is 10.1 Å². The number of rotatable bonds is 5. The number of aryl methyl sites for hydroxylation is 2. The van der Waals surface area contributed by atoms with Gasteiger partial charge in [0.15, 0.2) is 0 Å². The molecule has 0 bridgehead atoms. The van der Waals surface area contributed by atoms with Crippen LogP contribution in [-0.4, -0.2) is 39.4 Å². The number of amides is 2. The third kappa shape index (κ3) is 4.30. The maximum Gasteiger partial charge on any atom is 0.220 e. The third-order valence-electron chi connectivity index (χ3n) is 5.51. The van der Waals surface area contributed by atoms with Gasteiger partial charge in [-0.05, 0) is 30.2 Å². The zero-order valence-electron chi connectivity index (χ0n) is 17.4. The molecule has 3 aromatic rings. The largest absolute Gasteiger partial charge is 0.491 e. The molecule has 0 fully saturated rings. The quantitative estimate of drug-likeness (QED) is 0.707. The minimum atomic E-state index is -0.0152. The number of nitrogens with zero attached hydrogens (tertiary/aromatic N) is 3. The lowest BCUT2D eigenvalue weighted by atomic mass is 10.0. The van der Waals surface area contributed by atoms with E-state index in [9.17, 15) is 9.59 Å². The number of carbonyl (C=O) groups excluding carboxylic acids is 2. The molecule has 4 rings (SSSR count). The van der Waals surface area contributed by atoms with Gasteiger partial charge in [0.25, 0.3) is 0 Å². The first kappa shape index (κ1) is 19.9. The van der Waals surface area contributed by atoms with Gasteiger partial charge in [0.2, 0.25) is 11.8 Å². The van der Waals surface area contributed by atoms with Crippen molar-refractivity contribution < 1.29 is 14.3 Å². The summed E-state index contributed by atoms with van der Waals surface area (Å²) in [6.45, 7) is 3.59. The molecular formula is C23H26N4O3. The second-order valence-corrected chi connectivity index (χ2v) is 7.58. The molecule has 2 aromatic carbocycles. The molecule has 7 heteroatoms. The van der Waals surface area contributed by atoms with E-state index in [0.717, 1.165) is 33.7 Å². The molecule has 0 atom stereocenters. The van der Waals surface area contributed by atoms with Crippen molar-refractivity contribution in [3.8, 4) is 5.75 Å². The van der Waals surface area contributed by atoms with Gasteiger partial charge in [0.05, 0.1) is 24.1 Å². The summed E-state index contributed by atoms with van der Waals surface area (Å²) in [6.07, 6.45) is 1.02. The molecule has 1 N–H and O–H groups in total. The van der Waals surface area contributed by atoms with Gasteiger partial charge in [-0.1, -0.05) is 24.3 Å². The summed E-state index contributed by atoms with van der Waals surface area (Å²) in [6, 6.07) is 13.9. The number of ether oxygens (including phenoxy) is 1. The van der Waals surface area contributed by atoms with Gasteiger partial charge in [0, 0.05) is 32.5 Å². The number of aromatic nitrogens is 2. The molecule has 2 amide bonds. The first-order valence-electron chi connectivity index (χ1n) is 10.2. The second-order valence-electron chi connectivity index (χ2n) is 7.58. The fraction of sp³-hybridized carbons (Fsp3) is 0.348. The molecule has 0 aliphatic carbocycles. The standard InChI is InChI=1S/C23H26N4O3/c1-16(28)27-11-12-30-21-9-7-17(13-18(21)15-27)8-10-23(29)24-14-22-25-19-5-3-4-6-20(19)26(22)2/h3-7,9,13H,8,10-12,14-15H2,1-2H3,(H,24,29). The molecule has 0 saturated heterocycles. The van der Waals surface area contributed by atoms with Crippen LogP contribution in [0.4, 0.5) is 0 Å². The number of nitrogens with one attached hydrogen (secondary N) is 1. The van der Waals surface area contributed by atoms with E-state index in [0.29, 0.717) is 39.1 Å². The molecule has 2 heterocycles. The lowest BCUT2D eigenvalue weighted by Gasteiger charge is -2.17. The number of hydrogen-bond donors (Lipinski definition) is 1. The number of fused-ring (bicyclic) bond motifs is 2. The number of imidazole rings is 1. The summed E-state index contributed by atoms with van der Waals surface area (Å²) in [5.41, 5.74) is 4.02. The molecule has 156 valence electrons. The van der Waals surface area contributed by atoms with Gasteiger partial charge < -0.3 is 19.5 Å². The Morgan fingerprint density at radius 2 is 2.03 bits per heavy atom.